The summed E-state index contributed by atoms with van der Waals surface area (Å²) < 4.78 is 34.4. The molecule has 7 nitrogen and oxygen atoms in total. The number of rotatable bonds is 7. The van der Waals surface area contributed by atoms with Gasteiger partial charge in [0.15, 0.2) is 5.82 Å². The Bertz CT molecular complexity index is 1240. The summed E-state index contributed by atoms with van der Waals surface area (Å²) in [7, 11) is -2.04. The summed E-state index contributed by atoms with van der Waals surface area (Å²) in [5.41, 5.74) is 3.02. The van der Waals surface area contributed by atoms with Crippen LogP contribution >= 0.6 is 11.3 Å². The Kier molecular flexibility index (Phi) is 5.35. The molecule has 0 saturated carbocycles. The van der Waals surface area contributed by atoms with E-state index in [1.165, 1.54) is 30.6 Å². The van der Waals surface area contributed by atoms with Gasteiger partial charge in [-0.25, -0.2) is 17.7 Å². The van der Waals surface area contributed by atoms with E-state index in [9.17, 15) is 8.42 Å². The summed E-state index contributed by atoms with van der Waals surface area (Å²) >= 11 is 1.49. The van der Waals surface area contributed by atoms with Gasteiger partial charge in [-0.3, -0.25) is 0 Å². The van der Waals surface area contributed by atoms with Gasteiger partial charge in [0.05, 0.1) is 17.7 Å². The van der Waals surface area contributed by atoms with Crippen molar-refractivity contribution in [2.75, 3.05) is 13.7 Å². The highest BCUT2D eigenvalue weighted by Gasteiger charge is 2.16. The second kappa shape index (κ2) is 7.94. The molecule has 0 fully saturated rings. The number of fused-ring (bicyclic) bond motifs is 1. The van der Waals surface area contributed by atoms with Crippen molar-refractivity contribution in [1.82, 2.24) is 19.3 Å². The van der Waals surface area contributed by atoms with Crippen molar-refractivity contribution >= 4 is 26.3 Å². The molecule has 29 heavy (non-hydrogen) atoms. The fraction of sp³-hybridized carbons (Fsp3) is 0.200. The number of thiazole rings is 1. The van der Waals surface area contributed by atoms with Crippen LogP contribution in [-0.2, 0) is 16.4 Å². The quantitative estimate of drug-likeness (QED) is 0.488. The van der Waals surface area contributed by atoms with E-state index in [-0.39, 0.29) is 11.4 Å². The molecular formula is C20H20N4O3S2. The minimum atomic E-state index is -3.58. The number of hydrogen-bond acceptors (Lipinski definition) is 6. The number of nitrogens with one attached hydrogen (secondary N) is 1. The van der Waals surface area contributed by atoms with Gasteiger partial charge in [-0.2, -0.15) is 4.98 Å². The van der Waals surface area contributed by atoms with E-state index in [1.54, 1.807) is 16.6 Å². The van der Waals surface area contributed by atoms with Crippen LogP contribution < -0.4 is 9.46 Å². The molecule has 0 amide bonds. The Balaban J connectivity index is 1.48. The summed E-state index contributed by atoms with van der Waals surface area (Å²) in [5.74, 6) is 1.29. The summed E-state index contributed by atoms with van der Waals surface area (Å²) in [6.45, 7) is 2.29. The first-order chi connectivity index (χ1) is 14.0. The number of ether oxygens (including phenoxy) is 1. The van der Waals surface area contributed by atoms with Crippen LogP contribution in [0.3, 0.4) is 0 Å². The first-order valence-electron chi connectivity index (χ1n) is 9.01. The fourth-order valence-corrected chi connectivity index (χ4v) is 4.87. The van der Waals surface area contributed by atoms with Crippen molar-refractivity contribution in [1.29, 1.82) is 0 Å². The highest BCUT2D eigenvalue weighted by molar-refractivity contribution is 7.89. The van der Waals surface area contributed by atoms with Crippen LogP contribution in [0.4, 0.5) is 0 Å². The predicted molar refractivity (Wildman–Crippen MR) is 113 cm³/mol. The van der Waals surface area contributed by atoms with Crippen molar-refractivity contribution in [2.24, 2.45) is 0 Å². The van der Waals surface area contributed by atoms with Gasteiger partial charge in [-0.15, -0.1) is 16.4 Å². The SMILES string of the molecule is COc1ccc(S(=O)(=O)NCCc2csc3nc(-c4ccccc4C)nn23)cc1. The number of benzene rings is 2. The number of aryl methyl sites for hydroxylation is 1. The van der Waals surface area contributed by atoms with E-state index < -0.39 is 10.0 Å². The molecule has 0 radical (unpaired) electrons. The Morgan fingerprint density at radius 1 is 1.14 bits per heavy atom. The molecule has 2 heterocycles. The van der Waals surface area contributed by atoms with Crippen LogP contribution in [0.5, 0.6) is 5.75 Å². The molecule has 9 heteroatoms. The lowest BCUT2D eigenvalue weighted by Crippen LogP contribution is -2.26. The summed E-state index contributed by atoms with van der Waals surface area (Å²) in [5, 5.41) is 6.58. The van der Waals surface area contributed by atoms with E-state index in [1.807, 2.05) is 36.6 Å². The first kappa shape index (κ1) is 19.6. The molecule has 4 aromatic rings. The number of sulfonamides is 1. The summed E-state index contributed by atoms with van der Waals surface area (Å²) in [4.78, 5) is 5.60. The summed E-state index contributed by atoms with van der Waals surface area (Å²) in [6, 6.07) is 14.3. The molecule has 1 N–H and O–H groups in total. The monoisotopic (exact) mass is 428 g/mol. The zero-order valence-corrected chi connectivity index (χ0v) is 17.6. The molecule has 2 aromatic carbocycles. The fourth-order valence-electron chi connectivity index (χ4n) is 2.99. The van der Waals surface area contributed by atoms with Gasteiger partial charge in [0.1, 0.15) is 5.75 Å². The van der Waals surface area contributed by atoms with Crippen LogP contribution in [0.2, 0.25) is 0 Å². The lowest BCUT2D eigenvalue weighted by atomic mass is 10.1. The number of hydrogen-bond donors (Lipinski definition) is 1. The maximum Gasteiger partial charge on any atom is 0.240 e. The smallest absolute Gasteiger partial charge is 0.240 e. The van der Waals surface area contributed by atoms with E-state index in [0.717, 1.165) is 21.8 Å². The lowest BCUT2D eigenvalue weighted by molar-refractivity contribution is 0.414. The van der Waals surface area contributed by atoms with E-state index in [0.29, 0.717) is 18.0 Å². The van der Waals surface area contributed by atoms with E-state index >= 15 is 0 Å². The normalized spacial score (nSPS) is 11.8. The van der Waals surface area contributed by atoms with Crippen molar-refractivity contribution in [3.63, 3.8) is 0 Å². The van der Waals surface area contributed by atoms with Crippen LogP contribution in [-0.4, -0.2) is 36.7 Å². The molecule has 0 aliphatic carbocycles. The van der Waals surface area contributed by atoms with Gasteiger partial charge in [-0.1, -0.05) is 24.3 Å². The molecule has 4 rings (SSSR count). The van der Waals surface area contributed by atoms with E-state index in [2.05, 4.69) is 14.8 Å². The maximum absolute atomic E-state index is 12.5. The standard InChI is InChI=1S/C20H20N4O3S2/c1-14-5-3-4-6-18(14)19-22-20-24(23-19)15(13-28-20)11-12-21-29(25,26)17-9-7-16(27-2)8-10-17/h3-10,13,21H,11-12H2,1-2H3. The lowest BCUT2D eigenvalue weighted by Gasteiger charge is -2.07. The van der Waals surface area contributed by atoms with Crippen LogP contribution in [0.15, 0.2) is 58.8 Å². The second-order valence-electron chi connectivity index (χ2n) is 6.50. The van der Waals surface area contributed by atoms with Gasteiger partial charge in [-0.05, 0) is 36.8 Å². The average Bonchev–Trinajstić information content (AvgIpc) is 3.30. The number of nitrogens with zero attached hydrogens (tertiary/aromatic N) is 3. The second-order valence-corrected chi connectivity index (χ2v) is 9.10. The molecule has 0 saturated heterocycles. The maximum atomic E-state index is 12.5. The molecule has 0 atom stereocenters. The molecule has 0 aliphatic rings. The minimum absolute atomic E-state index is 0.205. The summed E-state index contributed by atoms with van der Waals surface area (Å²) in [6.07, 6.45) is 0.506. The van der Waals surface area contributed by atoms with Gasteiger partial charge in [0.25, 0.3) is 0 Å². The van der Waals surface area contributed by atoms with Crippen molar-refractivity contribution in [3.05, 3.63) is 65.2 Å². The molecule has 0 bridgehead atoms. The molecule has 2 aromatic heterocycles. The number of aromatic nitrogens is 3. The topological polar surface area (TPSA) is 85.6 Å². The molecule has 0 spiro atoms. The number of methoxy groups -OCH3 is 1. The zero-order chi connectivity index (χ0) is 20.4. The van der Waals surface area contributed by atoms with Gasteiger partial charge in [0.2, 0.25) is 15.0 Å². The van der Waals surface area contributed by atoms with Crippen molar-refractivity contribution < 1.29 is 13.2 Å². The van der Waals surface area contributed by atoms with Crippen LogP contribution in [0, 0.1) is 6.92 Å². The molecular weight excluding hydrogens is 408 g/mol. The van der Waals surface area contributed by atoms with Crippen molar-refractivity contribution in [2.45, 2.75) is 18.2 Å². The van der Waals surface area contributed by atoms with Crippen molar-refractivity contribution in [3.8, 4) is 17.1 Å². The average molecular weight is 429 g/mol. The van der Waals surface area contributed by atoms with Gasteiger partial charge >= 0.3 is 0 Å². The third kappa shape index (κ3) is 4.02. The Morgan fingerprint density at radius 2 is 1.90 bits per heavy atom. The van der Waals surface area contributed by atoms with E-state index in [4.69, 9.17) is 4.74 Å². The highest BCUT2D eigenvalue weighted by atomic mass is 32.2. The van der Waals surface area contributed by atoms with Gasteiger partial charge < -0.3 is 4.74 Å². The molecule has 0 aliphatic heterocycles. The third-order valence-electron chi connectivity index (χ3n) is 4.58. The highest BCUT2D eigenvalue weighted by Crippen LogP contribution is 2.23. The first-order valence-corrected chi connectivity index (χ1v) is 11.4. The predicted octanol–water partition coefficient (Wildman–Crippen LogP) is 3.30. The third-order valence-corrected chi connectivity index (χ3v) is 6.92. The minimum Gasteiger partial charge on any atom is -0.497 e. The molecule has 150 valence electrons. The Labute approximate surface area is 173 Å². The molecule has 0 unspecified atom stereocenters. The van der Waals surface area contributed by atoms with Crippen LogP contribution in [0.25, 0.3) is 16.3 Å². The Morgan fingerprint density at radius 3 is 2.62 bits per heavy atom. The van der Waals surface area contributed by atoms with Crippen LogP contribution in [0.1, 0.15) is 11.3 Å². The zero-order valence-electron chi connectivity index (χ0n) is 16.0. The van der Waals surface area contributed by atoms with Gasteiger partial charge in [0, 0.05) is 23.9 Å². The largest absolute Gasteiger partial charge is 0.497 e. The Hall–Kier alpha value is -2.75.